The number of esters is 1. The Labute approximate surface area is 283 Å². The van der Waals surface area contributed by atoms with Gasteiger partial charge in [-0.15, -0.1) is 11.8 Å². The number of nitrogens with zero attached hydrogens (tertiary/aromatic N) is 4. The summed E-state index contributed by atoms with van der Waals surface area (Å²) in [6.45, 7) is 12.4. The largest absolute Gasteiger partial charge is 0.462 e. The van der Waals surface area contributed by atoms with Crippen molar-refractivity contribution in [3.63, 3.8) is 0 Å². The first kappa shape index (κ1) is 32.5. The standard InChI is InChI=1S/C38H38N4O3S2/c1-22(2)21-45-37(44)33-26(6)39-38-42(35(33)27-13-15-30(46-7)16-14-27)36(43)31(47-38)19-28-20-41(29-11-9-8-10-12-29)40-34(28)32-24(4)17-23(3)18-25(32)5/h8-20,22,35H,21H2,1-7H3. The minimum atomic E-state index is -0.669. The van der Waals surface area contributed by atoms with Gasteiger partial charge in [0.2, 0.25) is 0 Å². The highest BCUT2D eigenvalue weighted by Gasteiger charge is 2.33. The Bertz CT molecular complexity index is 2170. The first-order valence-electron chi connectivity index (χ1n) is 15.6. The first-order valence-corrected chi connectivity index (χ1v) is 17.7. The molecule has 3 heterocycles. The van der Waals surface area contributed by atoms with E-state index in [2.05, 4.69) is 32.9 Å². The van der Waals surface area contributed by atoms with Crippen LogP contribution in [0.1, 0.15) is 54.6 Å². The molecule has 7 nitrogen and oxygen atoms in total. The monoisotopic (exact) mass is 662 g/mol. The zero-order valence-corrected chi connectivity index (χ0v) is 29.3. The Hall–Kier alpha value is -4.47. The van der Waals surface area contributed by atoms with Crippen molar-refractivity contribution in [2.45, 2.75) is 52.5 Å². The molecule has 1 aliphatic heterocycles. The molecule has 5 aromatic rings. The minimum Gasteiger partial charge on any atom is -0.462 e. The number of aromatic nitrogens is 3. The van der Waals surface area contributed by atoms with Gasteiger partial charge in [0, 0.05) is 22.2 Å². The summed E-state index contributed by atoms with van der Waals surface area (Å²) in [7, 11) is 0. The Morgan fingerprint density at radius 2 is 1.70 bits per heavy atom. The molecule has 0 N–H and O–H groups in total. The lowest BCUT2D eigenvalue weighted by Gasteiger charge is -2.25. The van der Waals surface area contributed by atoms with E-state index in [1.54, 1.807) is 16.3 Å². The van der Waals surface area contributed by atoms with Gasteiger partial charge in [-0.1, -0.05) is 73.2 Å². The van der Waals surface area contributed by atoms with Crippen LogP contribution in [0.2, 0.25) is 0 Å². The summed E-state index contributed by atoms with van der Waals surface area (Å²) < 4.78 is 9.73. The number of carbonyl (C=O) groups excluding carboxylic acids is 1. The van der Waals surface area contributed by atoms with Gasteiger partial charge in [-0.05, 0) is 86.9 Å². The second-order valence-corrected chi connectivity index (χ2v) is 14.2. The molecule has 1 aliphatic rings. The summed E-state index contributed by atoms with van der Waals surface area (Å²) in [5.41, 5.74) is 8.54. The van der Waals surface area contributed by atoms with Crippen molar-refractivity contribution >= 4 is 35.1 Å². The number of ether oxygens (including phenoxy) is 1. The number of thioether (sulfide) groups is 1. The maximum Gasteiger partial charge on any atom is 0.338 e. The zero-order valence-electron chi connectivity index (χ0n) is 27.7. The van der Waals surface area contributed by atoms with Gasteiger partial charge in [-0.2, -0.15) is 5.10 Å². The molecule has 0 amide bonds. The van der Waals surface area contributed by atoms with Crippen molar-refractivity contribution < 1.29 is 9.53 Å². The molecule has 0 aliphatic carbocycles. The number of benzene rings is 3. The van der Waals surface area contributed by atoms with Crippen LogP contribution >= 0.6 is 23.1 Å². The molecule has 0 spiro atoms. The second-order valence-electron chi connectivity index (χ2n) is 12.3. The summed E-state index contributed by atoms with van der Waals surface area (Å²) in [4.78, 5) is 34.5. The number of allylic oxidation sites excluding steroid dienone is 1. The Kier molecular flexibility index (Phi) is 9.21. The lowest BCUT2D eigenvalue weighted by atomic mass is 9.95. The lowest BCUT2D eigenvalue weighted by molar-refractivity contribution is -0.140. The van der Waals surface area contributed by atoms with E-state index in [9.17, 15) is 9.59 Å². The number of aryl methyl sites for hydroxylation is 3. The highest BCUT2D eigenvalue weighted by atomic mass is 32.2. The van der Waals surface area contributed by atoms with Gasteiger partial charge >= 0.3 is 5.97 Å². The van der Waals surface area contributed by atoms with E-state index in [0.29, 0.717) is 20.6 Å². The Morgan fingerprint density at radius 3 is 2.34 bits per heavy atom. The second kappa shape index (κ2) is 13.3. The van der Waals surface area contributed by atoms with Gasteiger partial charge in [0.1, 0.15) is 5.69 Å². The smallest absolute Gasteiger partial charge is 0.338 e. The summed E-state index contributed by atoms with van der Waals surface area (Å²) >= 11 is 2.96. The molecule has 2 aromatic heterocycles. The van der Waals surface area contributed by atoms with Crippen molar-refractivity contribution in [3.05, 3.63) is 132 Å². The highest BCUT2D eigenvalue weighted by molar-refractivity contribution is 7.98. The zero-order chi connectivity index (χ0) is 33.4. The predicted molar refractivity (Wildman–Crippen MR) is 191 cm³/mol. The summed E-state index contributed by atoms with van der Waals surface area (Å²) in [5.74, 6) is -0.281. The van der Waals surface area contributed by atoms with Crippen molar-refractivity contribution in [2.75, 3.05) is 12.9 Å². The summed E-state index contributed by atoms with van der Waals surface area (Å²) in [6, 6.07) is 21.6. The van der Waals surface area contributed by atoms with Gasteiger partial charge in [0.05, 0.1) is 34.1 Å². The van der Waals surface area contributed by atoms with Gasteiger partial charge in [-0.25, -0.2) is 14.5 Å². The normalized spacial score (nSPS) is 14.8. The number of para-hydroxylation sites is 1. The molecule has 0 saturated carbocycles. The lowest BCUT2D eigenvalue weighted by Crippen LogP contribution is -2.40. The third-order valence-electron chi connectivity index (χ3n) is 8.18. The predicted octanol–water partition coefficient (Wildman–Crippen LogP) is 6.93. The quantitative estimate of drug-likeness (QED) is 0.133. The Morgan fingerprint density at radius 1 is 1.02 bits per heavy atom. The maximum atomic E-state index is 14.4. The number of rotatable bonds is 8. The van der Waals surface area contributed by atoms with Gasteiger partial charge < -0.3 is 4.74 Å². The van der Waals surface area contributed by atoms with Crippen LogP contribution in [0.3, 0.4) is 0 Å². The van der Waals surface area contributed by atoms with Crippen LogP contribution in [-0.2, 0) is 9.53 Å². The average molecular weight is 663 g/mol. The van der Waals surface area contributed by atoms with Crippen LogP contribution in [0, 0.1) is 26.7 Å². The Balaban J connectivity index is 1.56. The van der Waals surface area contributed by atoms with E-state index in [4.69, 9.17) is 14.8 Å². The molecule has 0 saturated heterocycles. The molecule has 0 bridgehead atoms. The van der Waals surface area contributed by atoms with Crippen LogP contribution in [-0.4, -0.2) is 33.2 Å². The van der Waals surface area contributed by atoms with Crippen LogP contribution in [0.25, 0.3) is 23.0 Å². The summed E-state index contributed by atoms with van der Waals surface area (Å²) in [6.07, 6.45) is 5.90. The topological polar surface area (TPSA) is 78.5 Å². The number of hydrogen-bond donors (Lipinski definition) is 0. The third kappa shape index (κ3) is 6.42. The fourth-order valence-corrected chi connectivity index (χ4v) is 7.55. The third-order valence-corrected chi connectivity index (χ3v) is 9.91. The van der Waals surface area contributed by atoms with E-state index in [-0.39, 0.29) is 18.1 Å². The molecule has 3 aromatic carbocycles. The van der Waals surface area contributed by atoms with E-state index in [1.165, 1.54) is 16.9 Å². The van der Waals surface area contributed by atoms with Gasteiger partial charge in [0.25, 0.3) is 5.56 Å². The number of hydrogen-bond acceptors (Lipinski definition) is 7. The van der Waals surface area contributed by atoms with Crippen LogP contribution in [0.15, 0.2) is 98.9 Å². The number of thiazole rings is 1. The molecule has 47 heavy (non-hydrogen) atoms. The molecule has 240 valence electrons. The first-order chi connectivity index (χ1) is 22.5. The number of fused-ring (bicyclic) bond motifs is 1. The van der Waals surface area contributed by atoms with Crippen LogP contribution in [0.5, 0.6) is 0 Å². The van der Waals surface area contributed by atoms with Crippen molar-refractivity contribution in [1.82, 2.24) is 14.3 Å². The van der Waals surface area contributed by atoms with Crippen molar-refractivity contribution in [2.24, 2.45) is 10.9 Å². The number of carbonyl (C=O) groups is 1. The molecule has 0 radical (unpaired) electrons. The van der Waals surface area contributed by atoms with Crippen molar-refractivity contribution in [1.29, 1.82) is 0 Å². The van der Waals surface area contributed by atoms with Gasteiger partial charge in [-0.3, -0.25) is 9.36 Å². The highest BCUT2D eigenvalue weighted by Crippen LogP contribution is 2.33. The molecular formula is C38H38N4O3S2. The van der Waals surface area contributed by atoms with Crippen LogP contribution in [0.4, 0.5) is 0 Å². The summed E-state index contributed by atoms with van der Waals surface area (Å²) in [5, 5.41) is 5.06. The SMILES string of the molecule is CSc1ccc(C2C(C(=O)OCC(C)C)=C(C)N=c3sc(=Cc4cn(-c5ccccc5)nc4-c4c(C)cc(C)cc4C)c(=O)n32)cc1. The van der Waals surface area contributed by atoms with E-state index >= 15 is 0 Å². The fourth-order valence-electron chi connectivity index (χ4n) is 6.10. The molecule has 6 rings (SSSR count). The van der Waals surface area contributed by atoms with E-state index < -0.39 is 12.0 Å². The maximum absolute atomic E-state index is 14.4. The fraction of sp³-hybridized carbons (Fsp3) is 0.263. The van der Waals surface area contributed by atoms with Gasteiger partial charge in [0.15, 0.2) is 4.80 Å². The van der Waals surface area contributed by atoms with Crippen LogP contribution < -0.4 is 14.9 Å². The van der Waals surface area contributed by atoms with E-state index in [1.807, 2.05) is 98.6 Å². The molecule has 0 fully saturated rings. The van der Waals surface area contributed by atoms with E-state index in [0.717, 1.165) is 44.1 Å². The molecule has 1 atom stereocenters. The molecular weight excluding hydrogens is 625 g/mol. The average Bonchev–Trinajstić information content (AvgIpc) is 3.59. The molecule has 9 heteroatoms. The molecule has 1 unspecified atom stereocenters. The van der Waals surface area contributed by atoms with Crippen molar-refractivity contribution in [3.8, 4) is 16.9 Å². The minimum absolute atomic E-state index is 0.173.